The van der Waals surface area contributed by atoms with Crippen LogP contribution in [-0.4, -0.2) is 34.1 Å². The summed E-state index contributed by atoms with van der Waals surface area (Å²) in [6.07, 6.45) is 24.5. The van der Waals surface area contributed by atoms with E-state index in [1.165, 1.54) is 101 Å². The lowest BCUT2D eigenvalue weighted by atomic mass is 9.80. The summed E-state index contributed by atoms with van der Waals surface area (Å²) < 4.78 is 6.18. The zero-order chi connectivity index (χ0) is 22.3. The van der Waals surface area contributed by atoms with Gasteiger partial charge in [0.15, 0.2) is 0 Å². The molecule has 1 rings (SSSR count). The number of rotatable bonds is 18. The topological polar surface area (TPSA) is 32.7 Å². The van der Waals surface area contributed by atoms with Crippen molar-refractivity contribution >= 4 is 0 Å². The van der Waals surface area contributed by atoms with Crippen LogP contribution in [0.1, 0.15) is 150 Å². The number of hydrogen-bond donors (Lipinski definition) is 1. The van der Waals surface area contributed by atoms with Crippen LogP contribution in [0, 0.1) is 0 Å². The van der Waals surface area contributed by atoms with E-state index in [0.717, 1.165) is 25.9 Å². The number of ether oxygens (including phenoxy) is 1. The van der Waals surface area contributed by atoms with Crippen LogP contribution in [0.2, 0.25) is 0 Å². The molecule has 3 nitrogen and oxygen atoms in total. The summed E-state index contributed by atoms with van der Waals surface area (Å²) in [5.74, 6) is 0. The van der Waals surface area contributed by atoms with Gasteiger partial charge in [-0.1, -0.05) is 103 Å². The molecule has 0 saturated carbocycles. The van der Waals surface area contributed by atoms with Crippen molar-refractivity contribution in [3.8, 4) is 0 Å². The van der Waals surface area contributed by atoms with Gasteiger partial charge >= 0.3 is 0 Å². The van der Waals surface area contributed by atoms with E-state index in [-0.39, 0.29) is 17.2 Å². The number of piperidine rings is 1. The average Bonchev–Trinajstić information content (AvgIpc) is 2.70. The highest BCUT2D eigenvalue weighted by Crippen LogP contribution is 2.38. The summed E-state index contributed by atoms with van der Waals surface area (Å²) in [6, 6.07) is 0. The Labute approximate surface area is 189 Å². The van der Waals surface area contributed by atoms with Crippen LogP contribution in [-0.2, 0) is 4.74 Å². The van der Waals surface area contributed by atoms with Gasteiger partial charge in [0.1, 0.15) is 0 Å². The first-order valence-corrected chi connectivity index (χ1v) is 13.4. The average molecular weight is 426 g/mol. The molecule has 1 N–H and O–H groups in total. The van der Waals surface area contributed by atoms with Crippen molar-refractivity contribution in [2.75, 3.05) is 6.61 Å². The molecule has 0 bridgehead atoms. The minimum atomic E-state index is -0.309. The Balaban J connectivity index is 1.87. The van der Waals surface area contributed by atoms with E-state index in [1.807, 2.05) is 0 Å². The van der Waals surface area contributed by atoms with Crippen molar-refractivity contribution in [3.05, 3.63) is 0 Å². The third kappa shape index (κ3) is 11.0. The lowest BCUT2D eigenvalue weighted by Gasteiger charge is -2.52. The molecule has 1 saturated heterocycles. The van der Waals surface area contributed by atoms with Gasteiger partial charge in [-0.3, -0.25) is 0 Å². The Morgan fingerprint density at radius 1 is 0.700 bits per heavy atom. The van der Waals surface area contributed by atoms with Gasteiger partial charge in [0.05, 0.1) is 11.6 Å². The van der Waals surface area contributed by atoms with E-state index in [1.54, 1.807) is 0 Å². The number of hydroxylamine groups is 2. The van der Waals surface area contributed by atoms with Crippen LogP contribution in [0.25, 0.3) is 0 Å². The number of hydrogen-bond acceptors (Lipinski definition) is 3. The van der Waals surface area contributed by atoms with Gasteiger partial charge in [-0.25, -0.2) is 0 Å². The summed E-state index contributed by atoms with van der Waals surface area (Å²) in [6.45, 7) is 11.6. The Morgan fingerprint density at radius 3 is 1.53 bits per heavy atom. The van der Waals surface area contributed by atoms with E-state index in [9.17, 15) is 5.21 Å². The fourth-order valence-electron chi connectivity index (χ4n) is 5.02. The smallest absolute Gasteiger partial charge is 0.0777 e. The molecule has 180 valence electrons. The Bertz CT molecular complexity index is 408. The van der Waals surface area contributed by atoms with Crippen LogP contribution in [0.5, 0.6) is 0 Å². The highest BCUT2D eigenvalue weighted by molar-refractivity contribution is 4.98. The summed E-state index contributed by atoms with van der Waals surface area (Å²) in [5.41, 5.74) is -0.464. The molecule has 1 aliphatic heterocycles. The van der Waals surface area contributed by atoms with Crippen LogP contribution >= 0.6 is 0 Å². The van der Waals surface area contributed by atoms with Gasteiger partial charge in [-0.15, -0.1) is 0 Å². The summed E-state index contributed by atoms with van der Waals surface area (Å²) in [7, 11) is 0. The molecule has 1 heterocycles. The predicted octanol–water partition coefficient (Wildman–Crippen LogP) is 8.68. The van der Waals surface area contributed by atoms with Gasteiger partial charge < -0.3 is 9.94 Å². The molecule has 1 aliphatic rings. The molecule has 0 spiro atoms. The van der Waals surface area contributed by atoms with Gasteiger partial charge in [0, 0.05) is 12.1 Å². The first kappa shape index (κ1) is 27.9. The molecule has 1 fully saturated rings. The molecule has 0 aromatic rings. The van der Waals surface area contributed by atoms with E-state index in [0.29, 0.717) is 0 Å². The summed E-state index contributed by atoms with van der Waals surface area (Å²) in [4.78, 5) is 0. The SMILES string of the molecule is CCCCCCCCCCCCCCCCCCOC1CCC(C)(C)N(O)C1(C)C. The minimum absolute atomic E-state index is 0.131. The third-order valence-corrected chi connectivity index (χ3v) is 7.24. The second kappa shape index (κ2) is 15.6. The lowest BCUT2D eigenvalue weighted by molar-refractivity contribution is -0.276. The van der Waals surface area contributed by atoms with Crippen molar-refractivity contribution in [2.24, 2.45) is 0 Å². The van der Waals surface area contributed by atoms with Crippen molar-refractivity contribution in [3.63, 3.8) is 0 Å². The maximum absolute atomic E-state index is 10.5. The van der Waals surface area contributed by atoms with Gasteiger partial charge in [0.2, 0.25) is 0 Å². The molecule has 1 unspecified atom stereocenters. The van der Waals surface area contributed by atoms with Crippen molar-refractivity contribution < 1.29 is 9.94 Å². The first-order valence-electron chi connectivity index (χ1n) is 13.4. The van der Waals surface area contributed by atoms with Gasteiger partial charge in [-0.05, 0) is 47.0 Å². The van der Waals surface area contributed by atoms with E-state index in [4.69, 9.17) is 4.74 Å². The van der Waals surface area contributed by atoms with Crippen molar-refractivity contribution in [1.29, 1.82) is 0 Å². The van der Waals surface area contributed by atoms with Crippen molar-refractivity contribution in [2.45, 2.75) is 167 Å². The second-order valence-electron chi connectivity index (χ2n) is 11.0. The fourth-order valence-corrected chi connectivity index (χ4v) is 5.02. The Hall–Kier alpha value is -0.120. The Morgan fingerprint density at radius 2 is 1.10 bits per heavy atom. The van der Waals surface area contributed by atoms with Crippen molar-refractivity contribution in [1.82, 2.24) is 5.06 Å². The Kier molecular flexibility index (Phi) is 14.6. The largest absolute Gasteiger partial charge is 0.376 e. The monoisotopic (exact) mass is 425 g/mol. The molecule has 3 heteroatoms. The molecule has 30 heavy (non-hydrogen) atoms. The summed E-state index contributed by atoms with van der Waals surface area (Å²) in [5, 5.41) is 12.1. The highest BCUT2D eigenvalue weighted by Gasteiger charge is 2.47. The van der Waals surface area contributed by atoms with E-state index in [2.05, 4.69) is 34.6 Å². The molecule has 0 aromatic heterocycles. The van der Waals surface area contributed by atoms with Gasteiger partial charge in [-0.2, -0.15) is 5.06 Å². The lowest BCUT2D eigenvalue weighted by Crippen LogP contribution is -2.63. The van der Waals surface area contributed by atoms with E-state index < -0.39 is 0 Å². The second-order valence-corrected chi connectivity index (χ2v) is 11.0. The normalized spacial score (nSPS) is 21.2. The molecule has 0 amide bonds. The zero-order valence-electron chi connectivity index (χ0n) is 21.3. The van der Waals surface area contributed by atoms with Crippen LogP contribution in [0.3, 0.4) is 0 Å². The summed E-state index contributed by atoms with van der Waals surface area (Å²) >= 11 is 0. The maximum atomic E-state index is 10.5. The predicted molar refractivity (Wildman–Crippen MR) is 130 cm³/mol. The quantitative estimate of drug-likeness (QED) is 0.223. The minimum Gasteiger partial charge on any atom is -0.376 e. The molecule has 0 aliphatic carbocycles. The van der Waals surface area contributed by atoms with Crippen LogP contribution in [0.4, 0.5) is 0 Å². The molecule has 1 atom stereocenters. The first-order chi connectivity index (χ1) is 14.3. The third-order valence-electron chi connectivity index (χ3n) is 7.24. The molecule has 0 aromatic carbocycles. The van der Waals surface area contributed by atoms with Crippen LogP contribution in [0.15, 0.2) is 0 Å². The maximum Gasteiger partial charge on any atom is 0.0777 e. The van der Waals surface area contributed by atoms with Gasteiger partial charge in [0.25, 0.3) is 0 Å². The zero-order valence-corrected chi connectivity index (χ0v) is 21.3. The highest BCUT2D eigenvalue weighted by atomic mass is 16.5. The van der Waals surface area contributed by atoms with Crippen LogP contribution < -0.4 is 0 Å². The van der Waals surface area contributed by atoms with E-state index >= 15 is 0 Å². The fraction of sp³-hybridized carbons (Fsp3) is 1.00. The number of unbranched alkanes of at least 4 members (excludes halogenated alkanes) is 15. The number of nitrogens with zero attached hydrogens (tertiary/aromatic N) is 1. The molecular weight excluding hydrogens is 370 g/mol. The molecule has 0 radical (unpaired) electrons. The standard InChI is InChI=1S/C27H55NO2/c1-6-7-8-9-10-11-12-13-14-15-16-17-18-19-20-21-24-30-25-22-23-26(2,3)28(29)27(25,4)5/h25,29H,6-24H2,1-5H3. The molecular formula is C27H55NO2.